The molecule has 0 unspecified atom stereocenters. The number of carbonyl (C=O) groups is 1. The molecular weight excluding hydrogens is 324 g/mol. The van der Waals surface area contributed by atoms with Gasteiger partial charge in [0.1, 0.15) is 0 Å². The van der Waals surface area contributed by atoms with Crippen molar-refractivity contribution in [2.75, 3.05) is 32.7 Å². The molecule has 0 radical (unpaired) electrons. The molecule has 1 heterocycles. The van der Waals surface area contributed by atoms with Crippen molar-refractivity contribution in [3.63, 3.8) is 0 Å². The Balaban J connectivity index is 1.78. The molecule has 1 amide bonds. The topological polar surface area (TPSA) is 43.8 Å². The lowest BCUT2D eigenvalue weighted by molar-refractivity contribution is -0.131. The van der Waals surface area contributed by atoms with E-state index in [9.17, 15) is 9.90 Å². The van der Waals surface area contributed by atoms with E-state index < -0.39 is 5.60 Å². The fraction of sp³-hybridized carbons (Fsp3) is 0.632. The van der Waals surface area contributed by atoms with Gasteiger partial charge in [0.2, 0.25) is 5.91 Å². The van der Waals surface area contributed by atoms with Gasteiger partial charge in [-0.1, -0.05) is 29.8 Å². The molecule has 5 heteroatoms. The summed E-state index contributed by atoms with van der Waals surface area (Å²) in [5, 5.41) is 10.6. The highest BCUT2D eigenvalue weighted by molar-refractivity contribution is 6.31. The first-order chi connectivity index (χ1) is 11.3. The fourth-order valence-electron chi connectivity index (χ4n) is 2.98. The Labute approximate surface area is 150 Å². The minimum absolute atomic E-state index is 0.208. The summed E-state index contributed by atoms with van der Waals surface area (Å²) < 4.78 is 0. The maximum absolute atomic E-state index is 12.5. The van der Waals surface area contributed by atoms with Crippen molar-refractivity contribution < 1.29 is 9.90 Å². The summed E-state index contributed by atoms with van der Waals surface area (Å²) in [5.41, 5.74) is 0.408. The minimum atomic E-state index is -0.628. The largest absolute Gasteiger partial charge is 0.390 e. The average molecular weight is 353 g/mol. The number of rotatable bonds is 6. The summed E-state index contributed by atoms with van der Waals surface area (Å²) in [6.07, 6.45) is 2.95. The van der Waals surface area contributed by atoms with Crippen LogP contribution in [0, 0.1) is 0 Å². The quantitative estimate of drug-likeness (QED) is 0.856. The SMILES string of the molecule is CC(C)(O)CCN1CCCN(C(=O)CCc2ccccc2Cl)CC1. The number of carbonyl (C=O) groups excluding carboxylic acids is 1. The molecule has 0 aromatic heterocycles. The number of hydrogen-bond acceptors (Lipinski definition) is 3. The van der Waals surface area contributed by atoms with Crippen LogP contribution in [0.2, 0.25) is 5.02 Å². The van der Waals surface area contributed by atoms with Gasteiger partial charge in [-0.2, -0.15) is 0 Å². The van der Waals surface area contributed by atoms with Gasteiger partial charge in [-0.25, -0.2) is 0 Å². The van der Waals surface area contributed by atoms with E-state index in [-0.39, 0.29) is 5.91 Å². The van der Waals surface area contributed by atoms with E-state index in [1.807, 2.05) is 43.0 Å². The Morgan fingerprint density at radius 1 is 1.21 bits per heavy atom. The van der Waals surface area contributed by atoms with Crippen LogP contribution in [0.25, 0.3) is 0 Å². The zero-order valence-electron chi connectivity index (χ0n) is 14.8. The third kappa shape index (κ3) is 6.42. The van der Waals surface area contributed by atoms with Gasteiger partial charge in [-0.05, 0) is 51.3 Å². The predicted octanol–water partition coefficient (Wildman–Crippen LogP) is 2.97. The summed E-state index contributed by atoms with van der Waals surface area (Å²) in [5.74, 6) is 0.208. The Morgan fingerprint density at radius 2 is 1.96 bits per heavy atom. The normalized spacial score (nSPS) is 16.9. The number of halogens is 1. The number of amides is 1. The van der Waals surface area contributed by atoms with E-state index in [2.05, 4.69) is 4.90 Å². The highest BCUT2D eigenvalue weighted by atomic mass is 35.5. The monoisotopic (exact) mass is 352 g/mol. The van der Waals surface area contributed by atoms with E-state index in [0.717, 1.165) is 56.2 Å². The molecule has 0 saturated carbocycles. The van der Waals surface area contributed by atoms with Gasteiger partial charge >= 0.3 is 0 Å². The van der Waals surface area contributed by atoms with Crippen LogP contribution in [-0.4, -0.2) is 59.1 Å². The third-order valence-electron chi connectivity index (χ3n) is 4.55. The molecule has 1 fully saturated rings. The lowest BCUT2D eigenvalue weighted by atomic mass is 10.1. The van der Waals surface area contributed by atoms with Crippen molar-refractivity contribution in [1.82, 2.24) is 9.80 Å². The van der Waals surface area contributed by atoms with Crippen LogP contribution in [0.4, 0.5) is 0 Å². The highest BCUT2D eigenvalue weighted by Crippen LogP contribution is 2.17. The Kier molecular flexibility index (Phi) is 7.08. The number of nitrogens with zero attached hydrogens (tertiary/aromatic N) is 2. The van der Waals surface area contributed by atoms with Crippen LogP contribution in [0.15, 0.2) is 24.3 Å². The van der Waals surface area contributed by atoms with Crippen molar-refractivity contribution in [3.8, 4) is 0 Å². The second-order valence-electron chi connectivity index (χ2n) is 7.23. The van der Waals surface area contributed by atoms with Crippen LogP contribution in [0.3, 0.4) is 0 Å². The van der Waals surface area contributed by atoms with Crippen molar-refractivity contribution >= 4 is 17.5 Å². The molecule has 0 bridgehead atoms. The van der Waals surface area contributed by atoms with Crippen LogP contribution in [0.5, 0.6) is 0 Å². The van der Waals surface area contributed by atoms with E-state index in [0.29, 0.717) is 12.8 Å². The number of benzene rings is 1. The van der Waals surface area contributed by atoms with Crippen molar-refractivity contribution in [1.29, 1.82) is 0 Å². The van der Waals surface area contributed by atoms with Crippen LogP contribution < -0.4 is 0 Å². The maximum atomic E-state index is 12.5. The van der Waals surface area contributed by atoms with Gasteiger partial charge in [0, 0.05) is 37.6 Å². The zero-order chi connectivity index (χ0) is 17.6. The average Bonchev–Trinajstić information content (AvgIpc) is 2.77. The summed E-state index contributed by atoms with van der Waals surface area (Å²) in [4.78, 5) is 16.8. The Morgan fingerprint density at radius 3 is 2.67 bits per heavy atom. The molecule has 2 rings (SSSR count). The van der Waals surface area contributed by atoms with E-state index >= 15 is 0 Å². The van der Waals surface area contributed by atoms with Crippen molar-refractivity contribution in [2.45, 2.75) is 45.1 Å². The molecule has 1 aromatic rings. The molecular formula is C19H29ClN2O2. The van der Waals surface area contributed by atoms with Gasteiger partial charge in [0.15, 0.2) is 0 Å². The highest BCUT2D eigenvalue weighted by Gasteiger charge is 2.21. The molecule has 1 saturated heterocycles. The zero-order valence-corrected chi connectivity index (χ0v) is 15.6. The molecule has 1 aromatic carbocycles. The number of aliphatic hydroxyl groups is 1. The van der Waals surface area contributed by atoms with Crippen LogP contribution >= 0.6 is 11.6 Å². The Bertz CT molecular complexity index is 542. The second-order valence-corrected chi connectivity index (χ2v) is 7.64. The lowest BCUT2D eigenvalue weighted by Crippen LogP contribution is -2.36. The third-order valence-corrected chi connectivity index (χ3v) is 4.92. The molecule has 1 aliphatic heterocycles. The van der Waals surface area contributed by atoms with Gasteiger partial charge in [-0.15, -0.1) is 0 Å². The molecule has 0 aliphatic carbocycles. The first-order valence-corrected chi connectivity index (χ1v) is 9.19. The van der Waals surface area contributed by atoms with E-state index in [1.165, 1.54) is 0 Å². The molecule has 134 valence electrons. The lowest BCUT2D eigenvalue weighted by Gasteiger charge is -2.25. The first-order valence-electron chi connectivity index (χ1n) is 8.81. The molecule has 0 atom stereocenters. The Hall–Kier alpha value is -1.10. The van der Waals surface area contributed by atoms with Crippen LogP contribution in [-0.2, 0) is 11.2 Å². The summed E-state index contributed by atoms with van der Waals surface area (Å²) in [6.45, 7) is 8.03. The van der Waals surface area contributed by atoms with E-state index in [4.69, 9.17) is 11.6 Å². The molecule has 1 aliphatic rings. The fourth-order valence-corrected chi connectivity index (χ4v) is 3.21. The number of aryl methyl sites for hydroxylation is 1. The van der Waals surface area contributed by atoms with Gasteiger partial charge in [0.25, 0.3) is 0 Å². The van der Waals surface area contributed by atoms with Crippen molar-refractivity contribution in [2.24, 2.45) is 0 Å². The molecule has 24 heavy (non-hydrogen) atoms. The molecule has 4 nitrogen and oxygen atoms in total. The number of hydrogen-bond donors (Lipinski definition) is 1. The summed E-state index contributed by atoms with van der Waals surface area (Å²) in [6, 6.07) is 7.72. The smallest absolute Gasteiger partial charge is 0.222 e. The van der Waals surface area contributed by atoms with Gasteiger partial charge < -0.3 is 14.9 Å². The predicted molar refractivity (Wildman–Crippen MR) is 98.3 cm³/mol. The minimum Gasteiger partial charge on any atom is -0.390 e. The summed E-state index contributed by atoms with van der Waals surface area (Å²) in [7, 11) is 0. The van der Waals surface area contributed by atoms with Gasteiger partial charge in [0.05, 0.1) is 5.60 Å². The van der Waals surface area contributed by atoms with Crippen molar-refractivity contribution in [3.05, 3.63) is 34.9 Å². The van der Waals surface area contributed by atoms with Crippen LogP contribution in [0.1, 0.15) is 38.7 Å². The maximum Gasteiger partial charge on any atom is 0.222 e. The van der Waals surface area contributed by atoms with Gasteiger partial charge in [-0.3, -0.25) is 4.79 Å². The van der Waals surface area contributed by atoms with E-state index in [1.54, 1.807) is 0 Å². The standard InChI is InChI=1S/C19H29ClN2O2/c1-19(2,24)10-13-21-11-5-12-22(15-14-21)18(23)9-8-16-6-3-4-7-17(16)20/h3-4,6-7,24H,5,8-15H2,1-2H3. The molecule has 1 N–H and O–H groups in total. The second kappa shape index (κ2) is 8.84. The first kappa shape index (κ1) is 19.2. The summed E-state index contributed by atoms with van der Waals surface area (Å²) >= 11 is 6.16. The molecule has 0 spiro atoms.